The van der Waals surface area contributed by atoms with Gasteiger partial charge in [-0.05, 0) is 23.1 Å². The van der Waals surface area contributed by atoms with Gasteiger partial charge in [0, 0.05) is 18.4 Å². The van der Waals surface area contributed by atoms with Gasteiger partial charge in [0.1, 0.15) is 11.3 Å². The predicted octanol–water partition coefficient (Wildman–Crippen LogP) is 2.13. The molecule has 2 aromatic rings. The van der Waals surface area contributed by atoms with Crippen LogP contribution in [0, 0.1) is 5.41 Å². The van der Waals surface area contributed by atoms with E-state index in [2.05, 4.69) is 18.8 Å². The number of nitrogens with zero attached hydrogens (tertiary/aromatic N) is 2. The van der Waals surface area contributed by atoms with Crippen LogP contribution in [0.15, 0.2) is 35.9 Å². The van der Waals surface area contributed by atoms with Gasteiger partial charge in [0.05, 0.1) is 33.3 Å². The predicted molar refractivity (Wildman–Crippen MR) is 113 cm³/mol. The van der Waals surface area contributed by atoms with Crippen LogP contribution < -0.4 is 24.5 Å². The molecule has 164 valence electrons. The largest absolute Gasteiger partial charge is 0.493 e. The first-order chi connectivity index (χ1) is 14.8. The van der Waals surface area contributed by atoms with E-state index in [1.165, 1.54) is 0 Å². The van der Waals surface area contributed by atoms with Crippen LogP contribution in [0.1, 0.15) is 43.7 Å². The zero-order valence-electron chi connectivity index (χ0n) is 18.3. The Labute approximate surface area is 181 Å². The molecular weight excluding hydrogens is 398 g/mol. The lowest BCUT2D eigenvalue weighted by atomic mass is 9.70. The van der Waals surface area contributed by atoms with E-state index in [1.807, 2.05) is 18.2 Å². The maximum absolute atomic E-state index is 13.3. The molecule has 4 rings (SSSR count). The summed E-state index contributed by atoms with van der Waals surface area (Å²) in [5.74, 6) is 2.16. The molecule has 3 N–H and O–H groups in total. The molecule has 0 saturated heterocycles. The van der Waals surface area contributed by atoms with Gasteiger partial charge in [0.25, 0.3) is 0 Å². The third-order valence-corrected chi connectivity index (χ3v) is 5.89. The second-order valence-electron chi connectivity index (χ2n) is 8.69. The van der Waals surface area contributed by atoms with Gasteiger partial charge in [0.15, 0.2) is 17.3 Å². The lowest BCUT2D eigenvalue weighted by Gasteiger charge is -2.37. The summed E-state index contributed by atoms with van der Waals surface area (Å²) in [6, 6.07) is 5.58. The summed E-state index contributed by atoms with van der Waals surface area (Å²) >= 11 is 0. The van der Waals surface area contributed by atoms with Crippen molar-refractivity contribution in [3.8, 4) is 17.4 Å². The Morgan fingerprint density at radius 2 is 2.00 bits per heavy atom. The fourth-order valence-corrected chi connectivity index (χ4v) is 4.47. The number of anilines is 1. The second kappa shape index (κ2) is 7.85. The molecule has 2 aliphatic rings. The summed E-state index contributed by atoms with van der Waals surface area (Å²) < 4.78 is 18.7. The standard InChI is InChI=1S/C23H27N3O5/c1-23(2)10-14(28)19-17(11-23)31-22-20(21(24)26(7-8-27)12-25-22)18(19)13-5-6-15(29-3)16(9-13)30-4/h5-6,9,12,18,24,27H,7-8,10-11H2,1-4H3/p+1/t18-/m1/s1. The van der Waals surface area contributed by atoms with E-state index in [0.717, 1.165) is 5.56 Å². The minimum atomic E-state index is -0.458. The fourth-order valence-electron chi connectivity index (χ4n) is 4.47. The third kappa shape index (κ3) is 3.61. The lowest BCUT2D eigenvalue weighted by Crippen LogP contribution is -2.42. The van der Waals surface area contributed by atoms with Gasteiger partial charge in [-0.25, -0.2) is 4.57 Å². The van der Waals surface area contributed by atoms with Gasteiger partial charge in [-0.1, -0.05) is 24.9 Å². The Hall–Kier alpha value is -3.13. The number of carbonyl (C=O) groups excluding carboxylic acids is 1. The molecule has 1 aliphatic heterocycles. The maximum atomic E-state index is 13.3. The minimum absolute atomic E-state index is 0.0358. The molecule has 8 nitrogen and oxygen atoms in total. The average molecular weight is 426 g/mol. The molecule has 0 bridgehead atoms. The molecule has 0 amide bonds. The van der Waals surface area contributed by atoms with E-state index >= 15 is 0 Å². The topological polar surface area (TPSA) is 108 Å². The monoisotopic (exact) mass is 426 g/mol. The second-order valence-corrected chi connectivity index (χ2v) is 8.69. The van der Waals surface area contributed by atoms with Gasteiger partial charge in [-0.3, -0.25) is 4.79 Å². The number of hydrogen-bond donors (Lipinski definition) is 2. The van der Waals surface area contributed by atoms with E-state index in [9.17, 15) is 9.90 Å². The van der Waals surface area contributed by atoms with Crippen LogP contribution in [0.5, 0.6) is 17.4 Å². The fraction of sp³-hybridized carbons (Fsp3) is 0.435. The van der Waals surface area contributed by atoms with Gasteiger partial charge >= 0.3 is 5.88 Å². The Morgan fingerprint density at radius 1 is 1.26 bits per heavy atom. The Bertz CT molecular complexity index is 1080. The highest BCUT2D eigenvalue weighted by Crippen LogP contribution is 2.51. The number of hydrogen-bond acceptors (Lipinski definition) is 7. The van der Waals surface area contributed by atoms with E-state index in [1.54, 1.807) is 25.1 Å². The van der Waals surface area contributed by atoms with Crippen molar-refractivity contribution in [3.63, 3.8) is 0 Å². The molecule has 1 aliphatic carbocycles. The first kappa shape index (κ1) is 21.1. The molecule has 1 aromatic heterocycles. The van der Waals surface area contributed by atoms with Crippen molar-refractivity contribution >= 4 is 11.6 Å². The van der Waals surface area contributed by atoms with Gasteiger partial charge in [0.2, 0.25) is 12.1 Å². The molecule has 0 saturated carbocycles. The number of allylic oxidation sites excluding steroid dienone is 2. The zero-order valence-corrected chi connectivity index (χ0v) is 18.3. The number of aliphatic hydroxyl groups is 1. The number of aromatic nitrogens is 2. The normalized spacial score (nSPS) is 19.4. The van der Waals surface area contributed by atoms with Gasteiger partial charge in [-0.2, -0.15) is 0 Å². The van der Waals surface area contributed by atoms with Crippen LogP contribution in [-0.2, 0) is 11.3 Å². The Morgan fingerprint density at radius 3 is 2.68 bits per heavy atom. The van der Waals surface area contributed by atoms with Crippen LogP contribution >= 0.6 is 0 Å². The van der Waals surface area contributed by atoms with E-state index < -0.39 is 5.92 Å². The highest BCUT2D eigenvalue weighted by atomic mass is 16.5. The highest BCUT2D eigenvalue weighted by Gasteiger charge is 2.45. The van der Waals surface area contributed by atoms with Crippen molar-refractivity contribution in [3.05, 3.63) is 47.0 Å². The van der Waals surface area contributed by atoms with Crippen molar-refractivity contribution in [1.82, 2.24) is 4.98 Å². The average Bonchev–Trinajstić information content (AvgIpc) is 2.73. The highest BCUT2D eigenvalue weighted by molar-refractivity contribution is 6.00. The summed E-state index contributed by atoms with van der Waals surface area (Å²) in [5, 5.41) is 9.41. The summed E-state index contributed by atoms with van der Waals surface area (Å²) in [6.45, 7) is 4.32. The molecule has 0 fully saturated rings. The van der Waals surface area contributed by atoms with Crippen molar-refractivity contribution in [2.24, 2.45) is 5.41 Å². The first-order valence-electron chi connectivity index (χ1n) is 10.2. The van der Waals surface area contributed by atoms with Crippen LogP contribution in [0.3, 0.4) is 0 Å². The number of methoxy groups -OCH3 is 2. The van der Waals surface area contributed by atoms with Crippen LogP contribution in [0.2, 0.25) is 0 Å². The number of nitrogens with two attached hydrogens (primary N) is 1. The number of ether oxygens (including phenoxy) is 3. The Kier molecular flexibility index (Phi) is 5.35. The molecule has 31 heavy (non-hydrogen) atoms. The number of rotatable bonds is 5. The van der Waals surface area contributed by atoms with Crippen molar-refractivity contribution in [2.45, 2.75) is 39.2 Å². The van der Waals surface area contributed by atoms with Crippen LogP contribution in [-0.4, -0.2) is 36.7 Å². The molecule has 0 spiro atoms. The summed E-state index contributed by atoms with van der Waals surface area (Å²) in [5.41, 5.74) is 8.36. The number of ketones is 1. The maximum Gasteiger partial charge on any atom is 0.305 e. The number of nitrogen functional groups attached to an aromatic ring is 1. The zero-order chi connectivity index (χ0) is 22.3. The molecule has 0 unspecified atom stereocenters. The molecule has 2 heterocycles. The summed E-state index contributed by atoms with van der Waals surface area (Å²) in [6.07, 6.45) is 2.60. The van der Waals surface area contributed by atoms with Crippen molar-refractivity contribution < 1.29 is 28.7 Å². The first-order valence-corrected chi connectivity index (χ1v) is 10.2. The molecular formula is C23H28N3O5+. The van der Waals surface area contributed by atoms with Crippen molar-refractivity contribution in [1.29, 1.82) is 0 Å². The molecule has 0 radical (unpaired) electrons. The van der Waals surface area contributed by atoms with E-state index in [-0.39, 0.29) is 24.3 Å². The van der Waals surface area contributed by atoms with Crippen LogP contribution in [0.25, 0.3) is 0 Å². The van der Waals surface area contributed by atoms with Gasteiger partial charge < -0.3 is 25.1 Å². The number of benzene rings is 1. The lowest BCUT2D eigenvalue weighted by molar-refractivity contribution is -0.687. The SMILES string of the molecule is COc1ccc([C@@H]2C3=C(CC(C)(C)CC3=O)Oc3nc[n+](CCO)c(N)c32)cc1OC. The quantitative estimate of drug-likeness (QED) is 0.705. The third-order valence-electron chi connectivity index (χ3n) is 5.89. The molecule has 1 aromatic carbocycles. The molecule has 1 atom stereocenters. The number of carbonyl (C=O) groups is 1. The summed E-state index contributed by atoms with van der Waals surface area (Å²) in [7, 11) is 3.15. The number of aliphatic hydroxyl groups excluding tert-OH is 1. The Balaban J connectivity index is 1.96. The van der Waals surface area contributed by atoms with Gasteiger partial charge in [-0.15, -0.1) is 0 Å². The minimum Gasteiger partial charge on any atom is -0.493 e. The number of fused-ring (bicyclic) bond motifs is 1. The van der Waals surface area contributed by atoms with E-state index in [4.69, 9.17) is 19.9 Å². The van der Waals surface area contributed by atoms with E-state index in [0.29, 0.717) is 52.9 Å². The summed E-state index contributed by atoms with van der Waals surface area (Å²) in [4.78, 5) is 17.8. The number of Topliss-reactive ketones (excluding diaryl/α,β-unsaturated/α-hetero) is 1. The molecule has 8 heteroatoms. The van der Waals surface area contributed by atoms with Crippen LogP contribution in [0.4, 0.5) is 5.82 Å². The van der Waals surface area contributed by atoms with Crippen molar-refractivity contribution in [2.75, 3.05) is 26.6 Å². The smallest absolute Gasteiger partial charge is 0.305 e.